The Morgan fingerprint density at radius 1 is 1.31 bits per heavy atom. The van der Waals surface area contributed by atoms with Crippen LogP contribution in [0.25, 0.3) is 11.5 Å². The van der Waals surface area contributed by atoms with Crippen LogP contribution >= 0.6 is 11.6 Å². The van der Waals surface area contributed by atoms with E-state index in [0.717, 1.165) is 24.8 Å². The quantitative estimate of drug-likeness (QED) is 0.814. The molecule has 2 aliphatic rings. The molecule has 0 bridgehead atoms. The minimum atomic E-state index is 0.104. The molecule has 6 heteroatoms. The fourth-order valence-corrected chi connectivity index (χ4v) is 4.21. The molecule has 4 rings (SSSR count). The maximum atomic E-state index is 12.9. The Labute approximate surface area is 158 Å². The van der Waals surface area contributed by atoms with Crippen LogP contribution in [0.5, 0.6) is 0 Å². The van der Waals surface area contributed by atoms with Crippen LogP contribution in [0.1, 0.15) is 37.1 Å². The Hall–Kier alpha value is -1.85. The topological polar surface area (TPSA) is 55.6 Å². The lowest BCUT2D eigenvalue weighted by Crippen LogP contribution is -2.55. The Kier molecular flexibility index (Phi) is 5.00. The molecule has 1 aliphatic heterocycles. The maximum absolute atomic E-state index is 12.9. The van der Waals surface area contributed by atoms with Crippen LogP contribution in [0.3, 0.4) is 0 Å². The van der Waals surface area contributed by atoms with Crippen LogP contribution in [0.2, 0.25) is 5.02 Å². The van der Waals surface area contributed by atoms with Crippen LogP contribution in [0.15, 0.2) is 28.7 Å². The van der Waals surface area contributed by atoms with Crippen molar-refractivity contribution in [3.63, 3.8) is 0 Å². The number of aromatic nitrogens is 1. The average Bonchev–Trinajstić information content (AvgIpc) is 3.01. The summed E-state index contributed by atoms with van der Waals surface area (Å²) in [7, 11) is 0. The van der Waals surface area contributed by atoms with Crippen LogP contribution in [0, 0.1) is 6.92 Å². The minimum Gasteiger partial charge on any atom is -0.441 e. The number of carbonyl (C=O) groups excluding carboxylic acids is 1. The van der Waals surface area contributed by atoms with Crippen molar-refractivity contribution in [3.8, 4) is 11.5 Å². The Morgan fingerprint density at radius 2 is 2.12 bits per heavy atom. The standard InChI is InChI=1S/C20H23ClN2O3/c1-13-16(22-20(26-13)14-6-2-3-7-15(14)21)12-19(24)23-10-11-25-18-9-5-4-8-17(18)23/h2-3,6-7,17-18H,4-5,8-12H2,1H3. The third-order valence-corrected chi connectivity index (χ3v) is 5.70. The van der Waals surface area contributed by atoms with Crippen molar-refractivity contribution in [2.24, 2.45) is 0 Å². The van der Waals surface area contributed by atoms with Gasteiger partial charge in [-0.1, -0.05) is 36.6 Å². The zero-order valence-electron chi connectivity index (χ0n) is 14.9. The highest BCUT2D eigenvalue weighted by atomic mass is 35.5. The third kappa shape index (κ3) is 3.38. The Balaban J connectivity index is 1.52. The summed E-state index contributed by atoms with van der Waals surface area (Å²) < 4.78 is 11.7. The van der Waals surface area contributed by atoms with Gasteiger partial charge in [0.25, 0.3) is 0 Å². The van der Waals surface area contributed by atoms with Crippen LogP contribution in [-0.2, 0) is 16.0 Å². The highest BCUT2D eigenvalue weighted by Gasteiger charge is 2.36. The number of aryl methyl sites for hydroxylation is 1. The maximum Gasteiger partial charge on any atom is 0.229 e. The van der Waals surface area contributed by atoms with Crippen molar-refractivity contribution in [1.82, 2.24) is 9.88 Å². The van der Waals surface area contributed by atoms with Gasteiger partial charge in [0.05, 0.1) is 41.5 Å². The molecule has 1 saturated heterocycles. The highest BCUT2D eigenvalue weighted by Crippen LogP contribution is 2.31. The first-order valence-electron chi connectivity index (χ1n) is 9.26. The molecule has 5 nitrogen and oxygen atoms in total. The lowest BCUT2D eigenvalue weighted by atomic mass is 9.90. The summed E-state index contributed by atoms with van der Waals surface area (Å²) >= 11 is 6.24. The molecule has 2 heterocycles. The number of carbonyl (C=O) groups is 1. The van der Waals surface area contributed by atoms with Gasteiger partial charge in [-0.15, -0.1) is 0 Å². The smallest absolute Gasteiger partial charge is 0.229 e. The summed E-state index contributed by atoms with van der Waals surface area (Å²) in [6, 6.07) is 7.64. The molecule has 1 aliphatic carbocycles. The first-order chi connectivity index (χ1) is 12.6. The van der Waals surface area contributed by atoms with Gasteiger partial charge in [-0.3, -0.25) is 4.79 Å². The molecule has 1 amide bonds. The van der Waals surface area contributed by atoms with Gasteiger partial charge in [-0.2, -0.15) is 0 Å². The highest BCUT2D eigenvalue weighted by molar-refractivity contribution is 6.33. The van der Waals surface area contributed by atoms with Gasteiger partial charge in [-0.25, -0.2) is 4.98 Å². The number of nitrogens with zero attached hydrogens (tertiary/aromatic N) is 2. The lowest BCUT2D eigenvalue weighted by Gasteiger charge is -2.43. The number of benzene rings is 1. The van der Waals surface area contributed by atoms with E-state index in [2.05, 4.69) is 4.98 Å². The van der Waals surface area contributed by atoms with E-state index in [4.69, 9.17) is 20.8 Å². The van der Waals surface area contributed by atoms with Gasteiger partial charge >= 0.3 is 0 Å². The molecule has 2 fully saturated rings. The number of hydrogen-bond donors (Lipinski definition) is 0. The largest absolute Gasteiger partial charge is 0.441 e. The summed E-state index contributed by atoms with van der Waals surface area (Å²) in [5.74, 6) is 1.24. The fourth-order valence-electron chi connectivity index (χ4n) is 3.99. The van der Waals surface area contributed by atoms with Gasteiger partial charge in [0.1, 0.15) is 5.76 Å². The predicted molar refractivity (Wildman–Crippen MR) is 99.1 cm³/mol. The van der Waals surface area contributed by atoms with Gasteiger partial charge in [0.2, 0.25) is 11.8 Å². The second kappa shape index (κ2) is 7.41. The van der Waals surface area contributed by atoms with E-state index in [1.165, 1.54) is 6.42 Å². The zero-order valence-corrected chi connectivity index (χ0v) is 15.7. The summed E-state index contributed by atoms with van der Waals surface area (Å²) in [6.45, 7) is 3.13. The predicted octanol–water partition coefficient (Wildman–Crippen LogP) is 4.02. The van der Waals surface area contributed by atoms with Crippen LogP contribution in [0.4, 0.5) is 0 Å². The average molecular weight is 375 g/mol. The lowest BCUT2D eigenvalue weighted by molar-refractivity contribution is -0.148. The second-order valence-corrected chi connectivity index (χ2v) is 7.43. The molecule has 26 heavy (non-hydrogen) atoms. The molecule has 138 valence electrons. The van der Waals surface area contributed by atoms with Crippen molar-refractivity contribution in [3.05, 3.63) is 40.7 Å². The molecule has 0 radical (unpaired) electrons. The van der Waals surface area contributed by atoms with E-state index in [0.29, 0.717) is 35.5 Å². The fraction of sp³-hybridized carbons (Fsp3) is 0.500. The molecule has 2 atom stereocenters. The number of rotatable bonds is 3. The number of oxazole rings is 1. The van der Waals surface area contributed by atoms with Crippen LogP contribution in [-0.4, -0.2) is 41.1 Å². The number of ether oxygens (including phenoxy) is 1. The molecule has 0 N–H and O–H groups in total. The molecule has 0 spiro atoms. The molecular weight excluding hydrogens is 352 g/mol. The molecule has 1 saturated carbocycles. The summed E-state index contributed by atoms with van der Waals surface area (Å²) in [6.07, 6.45) is 4.87. The third-order valence-electron chi connectivity index (χ3n) is 5.37. The SMILES string of the molecule is Cc1oc(-c2ccccc2Cl)nc1CC(=O)N1CCOC2CCCCC21. The minimum absolute atomic E-state index is 0.104. The number of hydrogen-bond acceptors (Lipinski definition) is 4. The van der Waals surface area contributed by atoms with E-state index < -0.39 is 0 Å². The van der Waals surface area contributed by atoms with E-state index in [1.54, 1.807) is 6.07 Å². The number of fused-ring (bicyclic) bond motifs is 1. The summed E-state index contributed by atoms with van der Waals surface area (Å²) in [5, 5.41) is 0.588. The Morgan fingerprint density at radius 3 is 2.96 bits per heavy atom. The van der Waals surface area contributed by atoms with E-state index in [9.17, 15) is 4.79 Å². The summed E-state index contributed by atoms with van der Waals surface area (Å²) in [4.78, 5) is 19.5. The molecule has 1 aromatic heterocycles. The monoisotopic (exact) mass is 374 g/mol. The normalized spacial score (nSPS) is 22.9. The molecule has 1 aromatic carbocycles. The molecule has 2 unspecified atom stereocenters. The van der Waals surface area contributed by atoms with Gasteiger partial charge in [0, 0.05) is 6.54 Å². The number of halogens is 1. The number of morpholine rings is 1. The van der Waals surface area contributed by atoms with Crippen molar-refractivity contribution in [1.29, 1.82) is 0 Å². The first kappa shape index (κ1) is 17.6. The second-order valence-electron chi connectivity index (χ2n) is 7.03. The first-order valence-corrected chi connectivity index (χ1v) is 9.63. The van der Waals surface area contributed by atoms with E-state index in [1.807, 2.05) is 30.0 Å². The molecular formula is C20H23ClN2O3. The van der Waals surface area contributed by atoms with Gasteiger partial charge in [0.15, 0.2) is 0 Å². The van der Waals surface area contributed by atoms with E-state index >= 15 is 0 Å². The molecule has 2 aromatic rings. The van der Waals surface area contributed by atoms with Gasteiger partial charge in [-0.05, 0) is 31.9 Å². The Bertz CT molecular complexity index is 802. The van der Waals surface area contributed by atoms with Crippen molar-refractivity contribution >= 4 is 17.5 Å². The van der Waals surface area contributed by atoms with Crippen LogP contribution < -0.4 is 0 Å². The van der Waals surface area contributed by atoms with Crippen molar-refractivity contribution in [2.45, 2.75) is 51.2 Å². The van der Waals surface area contributed by atoms with Gasteiger partial charge < -0.3 is 14.1 Å². The van der Waals surface area contributed by atoms with E-state index in [-0.39, 0.29) is 24.5 Å². The zero-order chi connectivity index (χ0) is 18.1. The summed E-state index contributed by atoms with van der Waals surface area (Å²) in [5.41, 5.74) is 1.43. The van der Waals surface area contributed by atoms with Crippen molar-refractivity contribution < 1.29 is 13.9 Å². The number of amides is 1. The van der Waals surface area contributed by atoms with Crippen molar-refractivity contribution in [2.75, 3.05) is 13.2 Å².